The van der Waals surface area contributed by atoms with Crippen LogP contribution < -0.4 is 0 Å². The lowest BCUT2D eigenvalue weighted by molar-refractivity contribution is 0.0703. The predicted octanol–water partition coefficient (Wildman–Crippen LogP) is 2.42. The van der Waals surface area contributed by atoms with Crippen LogP contribution in [0.25, 0.3) is 0 Å². The van der Waals surface area contributed by atoms with Gasteiger partial charge in [0.05, 0.1) is 0 Å². The molecule has 0 aromatic heterocycles. The molecule has 15 heavy (non-hydrogen) atoms. The smallest absolute Gasteiger partial charge is 0.408 e. The molecule has 1 saturated heterocycles. The highest BCUT2D eigenvalue weighted by Gasteiger charge is 2.52. The second kappa shape index (κ2) is 3.44. The molecule has 0 bridgehead atoms. The second-order valence-corrected chi connectivity index (χ2v) is 5.46. The number of hydrogen-bond acceptors (Lipinski definition) is 1. The van der Waals surface area contributed by atoms with Crippen LogP contribution in [0.2, 0.25) is 0 Å². The Morgan fingerprint density at radius 1 is 1.60 bits per heavy atom. The molecule has 2 atom stereocenters. The van der Waals surface area contributed by atoms with Gasteiger partial charge in [0.15, 0.2) is 0 Å². The van der Waals surface area contributed by atoms with Crippen LogP contribution >= 0.6 is 0 Å². The van der Waals surface area contributed by atoms with E-state index in [-0.39, 0.29) is 5.41 Å². The molecule has 1 heterocycles. The number of likely N-dealkylation sites (tertiary alicyclic amines) is 1. The Hall–Kier alpha value is -1.17. The second-order valence-electron chi connectivity index (χ2n) is 5.46. The molecular formula is C12H19NO2. The molecule has 3 heteroatoms. The molecule has 0 aliphatic carbocycles. The fraction of sp³-hybridized carbons (Fsp3) is 0.750. The summed E-state index contributed by atoms with van der Waals surface area (Å²) >= 11 is 0. The van der Waals surface area contributed by atoms with E-state index in [4.69, 9.17) is 6.42 Å². The summed E-state index contributed by atoms with van der Waals surface area (Å²) in [6, 6.07) is 0. The minimum atomic E-state index is -0.910. The van der Waals surface area contributed by atoms with Crippen molar-refractivity contribution in [3.63, 3.8) is 0 Å². The van der Waals surface area contributed by atoms with Crippen LogP contribution in [-0.2, 0) is 0 Å². The van der Waals surface area contributed by atoms with Crippen molar-refractivity contribution in [3.05, 3.63) is 0 Å². The third kappa shape index (κ3) is 1.69. The van der Waals surface area contributed by atoms with Crippen molar-refractivity contribution in [2.24, 2.45) is 11.3 Å². The number of amides is 1. The van der Waals surface area contributed by atoms with Gasteiger partial charge in [-0.05, 0) is 17.8 Å². The van der Waals surface area contributed by atoms with Gasteiger partial charge in [0.25, 0.3) is 0 Å². The first kappa shape index (κ1) is 11.9. The van der Waals surface area contributed by atoms with Gasteiger partial charge in [-0.3, -0.25) is 4.90 Å². The maximum atomic E-state index is 11.2. The van der Waals surface area contributed by atoms with E-state index in [1.165, 1.54) is 4.90 Å². The molecule has 1 amide bonds. The Kier molecular flexibility index (Phi) is 2.73. The van der Waals surface area contributed by atoms with Gasteiger partial charge in [-0.25, -0.2) is 4.79 Å². The Labute approximate surface area is 91.5 Å². The molecule has 1 aliphatic heterocycles. The lowest BCUT2D eigenvalue weighted by atomic mass is 9.71. The SMILES string of the molecule is C#C[C@@]1(C(C)(C)C)C[C@H](C)CN1C(=O)O. The first-order valence-corrected chi connectivity index (χ1v) is 5.23. The average Bonchev–Trinajstić information content (AvgIpc) is 2.42. The number of carboxylic acid groups (broad SMARTS) is 1. The normalized spacial score (nSPS) is 31.4. The number of hydrogen-bond donors (Lipinski definition) is 1. The number of carbonyl (C=O) groups is 1. The molecule has 1 fully saturated rings. The predicted molar refractivity (Wildman–Crippen MR) is 59.5 cm³/mol. The monoisotopic (exact) mass is 209 g/mol. The molecule has 0 saturated carbocycles. The van der Waals surface area contributed by atoms with E-state index >= 15 is 0 Å². The van der Waals surface area contributed by atoms with Gasteiger partial charge < -0.3 is 5.11 Å². The standard InChI is InChI=1S/C12H19NO2/c1-6-12(11(3,4)5)7-9(2)8-13(12)10(14)15/h1,9H,7-8H2,2-5H3,(H,14,15)/t9-,12-/m0/s1. The topological polar surface area (TPSA) is 40.5 Å². The third-order valence-corrected chi connectivity index (χ3v) is 3.31. The molecule has 0 radical (unpaired) electrons. The highest BCUT2D eigenvalue weighted by molar-refractivity contribution is 5.68. The van der Waals surface area contributed by atoms with E-state index in [0.29, 0.717) is 12.5 Å². The van der Waals surface area contributed by atoms with E-state index in [1.54, 1.807) is 0 Å². The van der Waals surface area contributed by atoms with Gasteiger partial charge >= 0.3 is 6.09 Å². The Bertz CT molecular complexity index is 311. The van der Waals surface area contributed by atoms with E-state index in [0.717, 1.165) is 6.42 Å². The van der Waals surface area contributed by atoms with E-state index < -0.39 is 11.6 Å². The largest absolute Gasteiger partial charge is 0.465 e. The Morgan fingerprint density at radius 2 is 2.13 bits per heavy atom. The zero-order valence-corrected chi connectivity index (χ0v) is 9.87. The maximum absolute atomic E-state index is 11.2. The van der Waals surface area contributed by atoms with Crippen molar-refractivity contribution in [2.75, 3.05) is 6.54 Å². The van der Waals surface area contributed by atoms with Crippen molar-refractivity contribution in [3.8, 4) is 12.3 Å². The molecule has 1 aliphatic rings. The van der Waals surface area contributed by atoms with Gasteiger partial charge in [-0.15, -0.1) is 6.42 Å². The zero-order valence-electron chi connectivity index (χ0n) is 9.87. The average molecular weight is 209 g/mol. The number of rotatable bonds is 0. The summed E-state index contributed by atoms with van der Waals surface area (Å²) in [7, 11) is 0. The van der Waals surface area contributed by atoms with Crippen molar-refractivity contribution in [1.29, 1.82) is 0 Å². The Morgan fingerprint density at radius 3 is 2.40 bits per heavy atom. The van der Waals surface area contributed by atoms with Crippen LogP contribution in [0, 0.1) is 23.7 Å². The molecule has 3 nitrogen and oxygen atoms in total. The summed E-state index contributed by atoms with van der Waals surface area (Å²) < 4.78 is 0. The first-order valence-electron chi connectivity index (χ1n) is 5.23. The van der Waals surface area contributed by atoms with Gasteiger partial charge in [-0.2, -0.15) is 0 Å². The van der Waals surface area contributed by atoms with E-state index in [2.05, 4.69) is 5.92 Å². The lowest BCUT2D eigenvalue weighted by Gasteiger charge is -2.43. The summed E-state index contributed by atoms with van der Waals surface area (Å²) in [6.07, 6.45) is 5.43. The summed E-state index contributed by atoms with van der Waals surface area (Å²) in [6.45, 7) is 8.58. The zero-order chi connectivity index (χ0) is 11.9. The minimum absolute atomic E-state index is 0.231. The van der Waals surface area contributed by atoms with Crippen LogP contribution in [-0.4, -0.2) is 28.2 Å². The van der Waals surface area contributed by atoms with Crippen LogP contribution in [0.15, 0.2) is 0 Å². The fourth-order valence-electron chi connectivity index (χ4n) is 2.45. The van der Waals surface area contributed by atoms with Gasteiger partial charge in [0.2, 0.25) is 0 Å². The molecular weight excluding hydrogens is 190 g/mol. The van der Waals surface area contributed by atoms with Gasteiger partial charge in [-0.1, -0.05) is 33.6 Å². The molecule has 0 spiro atoms. The molecule has 1 N–H and O–H groups in total. The van der Waals surface area contributed by atoms with Crippen LogP contribution in [0.1, 0.15) is 34.1 Å². The summed E-state index contributed by atoms with van der Waals surface area (Å²) in [5, 5.41) is 9.19. The molecule has 0 aromatic rings. The Balaban J connectivity index is 3.19. The first-order chi connectivity index (χ1) is 6.74. The number of nitrogens with zero attached hydrogens (tertiary/aromatic N) is 1. The molecule has 0 unspecified atom stereocenters. The maximum Gasteiger partial charge on any atom is 0.408 e. The van der Waals surface area contributed by atoms with Crippen LogP contribution in [0.5, 0.6) is 0 Å². The van der Waals surface area contributed by atoms with Gasteiger partial charge in [0, 0.05) is 6.54 Å². The number of terminal acetylenes is 1. The highest BCUT2D eigenvalue weighted by atomic mass is 16.4. The van der Waals surface area contributed by atoms with Crippen molar-refractivity contribution < 1.29 is 9.90 Å². The van der Waals surface area contributed by atoms with Crippen molar-refractivity contribution >= 4 is 6.09 Å². The highest BCUT2D eigenvalue weighted by Crippen LogP contribution is 2.45. The molecule has 0 aromatic carbocycles. The van der Waals surface area contributed by atoms with Crippen molar-refractivity contribution in [1.82, 2.24) is 4.90 Å². The van der Waals surface area contributed by atoms with Crippen LogP contribution in [0.4, 0.5) is 4.79 Å². The third-order valence-electron chi connectivity index (χ3n) is 3.31. The molecule has 1 rings (SSSR count). The van der Waals surface area contributed by atoms with E-state index in [1.807, 2.05) is 27.7 Å². The van der Waals surface area contributed by atoms with Crippen LogP contribution in [0.3, 0.4) is 0 Å². The fourth-order valence-corrected chi connectivity index (χ4v) is 2.45. The van der Waals surface area contributed by atoms with Gasteiger partial charge in [0.1, 0.15) is 5.54 Å². The summed E-state index contributed by atoms with van der Waals surface area (Å²) in [4.78, 5) is 12.6. The molecule has 84 valence electrons. The summed E-state index contributed by atoms with van der Waals surface area (Å²) in [5.74, 6) is 3.05. The lowest BCUT2D eigenvalue weighted by Crippen LogP contribution is -2.54. The quantitative estimate of drug-likeness (QED) is 0.622. The minimum Gasteiger partial charge on any atom is -0.465 e. The summed E-state index contributed by atoms with van der Waals surface area (Å²) in [5.41, 5.74) is -0.886. The van der Waals surface area contributed by atoms with E-state index in [9.17, 15) is 9.90 Å². The van der Waals surface area contributed by atoms with Crippen molar-refractivity contribution in [2.45, 2.75) is 39.7 Å².